The smallest absolute Gasteiger partial charge is 0.407 e. The Balaban J connectivity index is 2.82. The lowest BCUT2D eigenvalue weighted by atomic mass is 9.99. The third-order valence-corrected chi connectivity index (χ3v) is 3.38. The molecule has 2 N–H and O–H groups in total. The molecule has 1 amide bonds. The van der Waals surface area contributed by atoms with Gasteiger partial charge >= 0.3 is 6.09 Å². The van der Waals surface area contributed by atoms with Crippen molar-refractivity contribution >= 4 is 6.09 Å². The molecule has 0 aliphatic rings. The van der Waals surface area contributed by atoms with Crippen LogP contribution >= 0.6 is 0 Å². The Labute approximate surface area is 157 Å². The monoisotopic (exact) mass is 363 g/mol. The first-order chi connectivity index (χ1) is 11.9. The highest BCUT2D eigenvalue weighted by molar-refractivity contribution is 5.68. The molecule has 0 spiro atoms. The van der Waals surface area contributed by atoms with Gasteiger partial charge in [-0.2, -0.15) is 0 Å². The zero-order valence-electron chi connectivity index (χ0n) is 16.8. The van der Waals surface area contributed by atoms with Crippen molar-refractivity contribution in [3.63, 3.8) is 0 Å². The molecule has 0 heterocycles. The molecule has 1 aromatic rings. The molecule has 5 nitrogen and oxygen atoms in total. The number of amides is 1. The quantitative estimate of drug-likeness (QED) is 0.711. The maximum Gasteiger partial charge on any atom is 0.407 e. The highest BCUT2D eigenvalue weighted by Crippen LogP contribution is 2.20. The molecule has 0 radical (unpaired) electrons. The number of carbonyl (C=O) groups is 1. The van der Waals surface area contributed by atoms with Gasteiger partial charge in [0.1, 0.15) is 17.0 Å². The molecule has 0 aliphatic carbocycles. The molecule has 0 saturated carbocycles. The van der Waals surface area contributed by atoms with Crippen molar-refractivity contribution in [3.8, 4) is 5.75 Å². The summed E-state index contributed by atoms with van der Waals surface area (Å²) in [5.41, 5.74) is 0.127. The normalized spacial score (nSPS) is 14.3. The lowest BCUT2D eigenvalue weighted by Crippen LogP contribution is -2.46. The molecule has 146 valence electrons. The molecule has 0 bridgehead atoms. The molecule has 26 heavy (non-hydrogen) atoms. The molecule has 1 rings (SSSR count). The SMILES string of the molecule is C=CC[C@@H](O)[C@H](Cc1ccc(OC(C)(C)C)cc1)NC(=O)OC(C)(C)C. The number of rotatable bonds is 7. The number of carbonyl (C=O) groups excluding carboxylic acids is 1. The van der Waals surface area contributed by atoms with Crippen molar-refractivity contribution in [1.29, 1.82) is 0 Å². The van der Waals surface area contributed by atoms with E-state index in [1.807, 2.05) is 45.0 Å². The lowest BCUT2D eigenvalue weighted by molar-refractivity contribution is 0.0425. The van der Waals surface area contributed by atoms with Crippen molar-refractivity contribution in [3.05, 3.63) is 42.5 Å². The van der Waals surface area contributed by atoms with Crippen LogP contribution in [0, 0.1) is 0 Å². The summed E-state index contributed by atoms with van der Waals surface area (Å²) in [6.45, 7) is 15.0. The zero-order valence-corrected chi connectivity index (χ0v) is 16.8. The Kier molecular flexibility index (Phi) is 7.69. The van der Waals surface area contributed by atoms with Crippen LogP contribution in [0.15, 0.2) is 36.9 Å². The number of hydrogen-bond acceptors (Lipinski definition) is 4. The van der Waals surface area contributed by atoms with E-state index < -0.39 is 23.8 Å². The summed E-state index contributed by atoms with van der Waals surface area (Å²) in [6, 6.07) is 7.18. The summed E-state index contributed by atoms with van der Waals surface area (Å²) in [7, 11) is 0. The van der Waals surface area contributed by atoms with Crippen LogP contribution in [0.4, 0.5) is 4.79 Å². The van der Waals surface area contributed by atoms with Crippen molar-refractivity contribution in [1.82, 2.24) is 5.32 Å². The Morgan fingerprint density at radius 1 is 1.15 bits per heavy atom. The van der Waals surface area contributed by atoms with E-state index in [-0.39, 0.29) is 5.60 Å². The van der Waals surface area contributed by atoms with Gasteiger partial charge < -0.3 is 19.9 Å². The van der Waals surface area contributed by atoms with Gasteiger partial charge in [0.2, 0.25) is 0 Å². The van der Waals surface area contributed by atoms with Crippen LogP contribution in [0.25, 0.3) is 0 Å². The summed E-state index contributed by atoms with van der Waals surface area (Å²) in [4.78, 5) is 12.1. The molecule has 0 aliphatic heterocycles. The summed E-state index contributed by atoms with van der Waals surface area (Å²) < 4.78 is 11.1. The molecule has 1 aromatic carbocycles. The van der Waals surface area contributed by atoms with Crippen molar-refractivity contribution in [2.24, 2.45) is 0 Å². The third-order valence-electron chi connectivity index (χ3n) is 3.38. The van der Waals surface area contributed by atoms with Crippen molar-refractivity contribution < 1.29 is 19.4 Å². The third kappa shape index (κ3) is 8.90. The molecular weight excluding hydrogens is 330 g/mol. The van der Waals surface area contributed by atoms with Gasteiger partial charge in [0.05, 0.1) is 12.1 Å². The molecular formula is C21H33NO4. The first kappa shape index (κ1) is 22.0. The van der Waals surface area contributed by atoms with Gasteiger partial charge in [-0.1, -0.05) is 18.2 Å². The number of aliphatic hydroxyl groups excluding tert-OH is 1. The van der Waals surface area contributed by atoms with Crippen LogP contribution < -0.4 is 10.1 Å². The average molecular weight is 363 g/mol. The van der Waals surface area contributed by atoms with E-state index in [0.717, 1.165) is 11.3 Å². The fourth-order valence-corrected chi connectivity index (χ4v) is 2.38. The first-order valence-electron chi connectivity index (χ1n) is 8.96. The van der Waals surface area contributed by atoms with E-state index >= 15 is 0 Å². The number of ether oxygens (including phenoxy) is 2. The minimum Gasteiger partial charge on any atom is -0.488 e. The Bertz CT molecular complexity index is 582. The van der Waals surface area contributed by atoms with Gasteiger partial charge in [0.25, 0.3) is 0 Å². The van der Waals surface area contributed by atoms with Crippen LogP contribution in [-0.4, -0.2) is 34.5 Å². The van der Waals surface area contributed by atoms with Crippen LogP contribution in [-0.2, 0) is 11.2 Å². The standard InChI is InChI=1S/C21H33NO4/c1-8-9-18(23)17(22-19(24)26-21(5,6)7)14-15-10-12-16(13-11-15)25-20(2,3)4/h8,10-13,17-18,23H,1,9,14H2,2-7H3,(H,22,24)/t17-,18+/m0/s1. The second kappa shape index (κ2) is 9.08. The van der Waals surface area contributed by atoms with Crippen molar-refractivity contribution in [2.45, 2.75) is 77.7 Å². The van der Waals surface area contributed by atoms with Crippen LogP contribution in [0.5, 0.6) is 5.75 Å². The molecule has 0 saturated heterocycles. The number of nitrogens with one attached hydrogen (secondary N) is 1. The summed E-state index contributed by atoms with van der Waals surface area (Å²) in [5.74, 6) is 0.782. The van der Waals surface area contributed by atoms with Crippen LogP contribution in [0.1, 0.15) is 53.5 Å². The maximum atomic E-state index is 12.1. The molecule has 2 atom stereocenters. The van der Waals surface area contributed by atoms with Crippen LogP contribution in [0.3, 0.4) is 0 Å². The van der Waals surface area contributed by atoms with Gasteiger partial charge in [-0.3, -0.25) is 0 Å². The Hall–Kier alpha value is -2.01. The van der Waals surface area contributed by atoms with E-state index in [9.17, 15) is 9.90 Å². The van der Waals surface area contributed by atoms with Gasteiger partial charge in [-0.25, -0.2) is 4.79 Å². The summed E-state index contributed by atoms with van der Waals surface area (Å²) in [6.07, 6.45) is 1.20. The fourth-order valence-electron chi connectivity index (χ4n) is 2.38. The topological polar surface area (TPSA) is 67.8 Å². The molecule has 0 aromatic heterocycles. The van der Waals surface area contributed by atoms with E-state index in [0.29, 0.717) is 12.8 Å². The van der Waals surface area contributed by atoms with E-state index in [2.05, 4.69) is 11.9 Å². The second-order valence-electron chi connectivity index (χ2n) is 8.41. The number of benzene rings is 1. The Morgan fingerprint density at radius 3 is 2.19 bits per heavy atom. The average Bonchev–Trinajstić information content (AvgIpc) is 2.45. The highest BCUT2D eigenvalue weighted by Gasteiger charge is 2.24. The molecule has 0 unspecified atom stereocenters. The molecule has 0 fully saturated rings. The number of hydrogen-bond donors (Lipinski definition) is 2. The fraction of sp³-hybridized carbons (Fsp3) is 0.571. The van der Waals surface area contributed by atoms with E-state index in [1.165, 1.54) is 0 Å². The maximum absolute atomic E-state index is 12.1. The molecule has 5 heteroatoms. The van der Waals surface area contributed by atoms with E-state index in [1.54, 1.807) is 26.8 Å². The largest absolute Gasteiger partial charge is 0.488 e. The highest BCUT2D eigenvalue weighted by atomic mass is 16.6. The van der Waals surface area contributed by atoms with Gasteiger partial charge in [-0.05, 0) is 72.1 Å². The minimum atomic E-state index is -0.745. The minimum absolute atomic E-state index is 0.261. The second-order valence-corrected chi connectivity index (χ2v) is 8.41. The van der Waals surface area contributed by atoms with Gasteiger partial charge in [-0.15, -0.1) is 6.58 Å². The van der Waals surface area contributed by atoms with Crippen molar-refractivity contribution in [2.75, 3.05) is 0 Å². The Morgan fingerprint density at radius 2 is 1.73 bits per heavy atom. The summed E-state index contributed by atoms with van der Waals surface area (Å²) in [5, 5.41) is 13.1. The predicted octanol–water partition coefficient (Wildman–Crippen LogP) is 4.24. The van der Waals surface area contributed by atoms with Gasteiger partial charge in [0, 0.05) is 0 Å². The van der Waals surface area contributed by atoms with Crippen LogP contribution in [0.2, 0.25) is 0 Å². The predicted molar refractivity (Wildman–Crippen MR) is 105 cm³/mol. The zero-order chi connectivity index (χ0) is 20.0. The lowest BCUT2D eigenvalue weighted by Gasteiger charge is -2.26. The number of aliphatic hydroxyl groups is 1. The number of alkyl carbamates (subject to hydrolysis) is 1. The first-order valence-corrected chi connectivity index (χ1v) is 8.96. The van der Waals surface area contributed by atoms with Gasteiger partial charge in [0.15, 0.2) is 0 Å². The summed E-state index contributed by atoms with van der Waals surface area (Å²) >= 11 is 0. The van der Waals surface area contributed by atoms with E-state index in [4.69, 9.17) is 9.47 Å².